The molecule has 0 atom stereocenters. The van der Waals surface area contributed by atoms with Crippen LogP contribution in [0.15, 0.2) is 16.7 Å². The lowest BCUT2D eigenvalue weighted by Gasteiger charge is -2.26. The Balaban J connectivity index is 1.54. The molecule has 0 saturated heterocycles. The number of amides is 1. The predicted octanol–water partition coefficient (Wildman–Crippen LogP) is 1.99. The third kappa shape index (κ3) is 4.65. The summed E-state index contributed by atoms with van der Waals surface area (Å²) in [5, 5.41) is 2.86. The van der Waals surface area contributed by atoms with Crippen molar-refractivity contribution in [3.8, 4) is 0 Å². The van der Waals surface area contributed by atoms with Crippen molar-refractivity contribution in [1.82, 2.24) is 5.32 Å². The van der Waals surface area contributed by atoms with Gasteiger partial charge in [-0.2, -0.15) is 0 Å². The van der Waals surface area contributed by atoms with Crippen molar-refractivity contribution in [3.05, 3.63) is 23.7 Å². The van der Waals surface area contributed by atoms with Gasteiger partial charge < -0.3 is 20.2 Å². The summed E-state index contributed by atoms with van der Waals surface area (Å²) in [4.78, 5) is 11.7. The van der Waals surface area contributed by atoms with Crippen molar-refractivity contribution in [2.75, 3.05) is 13.2 Å². The first-order chi connectivity index (χ1) is 9.65. The van der Waals surface area contributed by atoms with Crippen molar-refractivity contribution in [2.24, 2.45) is 5.73 Å². The highest BCUT2D eigenvalue weighted by Crippen LogP contribution is 2.19. The van der Waals surface area contributed by atoms with Gasteiger partial charge in [-0.25, -0.2) is 0 Å². The highest BCUT2D eigenvalue weighted by Gasteiger charge is 2.18. The fourth-order valence-electron chi connectivity index (χ4n) is 2.44. The molecule has 1 aromatic rings. The molecule has 1 heterocycles. The Bertz CT molecular complexity index is 423. The second-order valence-corrected chi connectivity index (χ2v) is 5.46. The van der Waals surface area contributed by atoms with Crippen molar-refractivity contribution < 1.29 is 13.9 Å². The molecule has 20 heavy (non-hydrogen) atoms. The van der Waals surface area contributed by atoms with E-state index in [1.807, 2.05) is 6.92 Å². The number of hydrogen-bond donors (Lipinski definition) is 2. The minimum Gasteiger partial charge on any atom is -0.469 e. The van der Waals surface area contributed by atoms with Crippen molar-refractivity contribution in [1.29, 1.82) is 0 Å². The molecule has 5 nitrogen and oxygen atoms in total. The fourth-order valence-corrected chi connectivity index (χ4v) is 2.44. The number of nitrogens with two attached hydrogens (primary N) is 1. The maximum atomic E-state index is 11.7. The molecule has 112 valence electrons. The van der Waals surface area contributed by atoms with Gasteiger partial charge in [0.05, 0.1) is 11.7 Å². The van der Waals surface area contributed by atoms with Crippen molar-refractivity contribution in [2.45, 2.75) is 51.2 Å². The van der Waals surface area contributed by atoms with Crippen LogP contribution in [0.5, 0.6) is 0 Å². The van der Waals surface area contributed by atoms with Crippen LogP contribution in [0.1, 0.15) is 48.2 Å². The number of furan rings is 1. The van der Waals surface area contributed by atoms with Crippen LogP contribution in [0.3, 0.4) is 0 Å². The summed E-state index contributed by atoms with van der Waals surface area (Å²) in [5.74, 6) is 0.652. The minimum atomic E-state index is -0.0921. The molecule has 1 fully saturated rings. The summed E-state index contributed by atoms with van der Waals surface area (Å²) < 4.78 is 10.9. The van der Waals surface area contributed by atoms with Gasteiger partial charge in [0, 0.05) is 19.2 Å². The van der Waals surface area contributed by atoms with Crippen molar-refractivity contribution in [3.63, 3.8) is 0 Å². The molecule has 1 aromatic heterocycles. The van der Waals surface area contributed by atoms with Gasteiger partial charge in [0.1, 0.15) is 12.0 Å². The zero-order valence-corrected chi connectivity index (χ0v) is 12.1. The van der Waals surface area contributed by atoms with Gasteiger partial charge in [-0.15, -0.1) is 0 Å². The van der Waals surface area contributed by atoms with E-state index in [1.165, 1.54) is 6.26 Å². The average molecular weight is 280 g/mol. The highest BCUT2D eigenvalue weighted by atomic mass is 16.5. The van der Waals surface area contributed by atoms with E-state index in [0.717, 1.165) is 37.9 Å². The lowest BCUT2D eigenvalue weighted by atomic mass is 9.94. The van der Waals surface area contributed by atoms with E-state index in [9.17, 15) is 4.79 Å². The Kier molecular flexibility index (Phi) is 5.61. The summed E-state index contributed by atoms with van der Waals surface area (Å²) in [6.45, 7) is 3.13. The maximum absolute atomic E-state index is 11.7. The average Bonchev–Trinajstić information content (AvgIpc) is 2.87. The van der Waals surface area contributed by atoms with Crippen LogP contribution in [-0.2, 0) is 4.74 Å². The first kappa shape index (κ1) is 15.1. The fraction of sp³-hybridized carbons (Fsp3) is 0.667. The van der Waals surface area contributed by atoms with Gasteiger partial charge in [0.2, 0.25) is 0 Å². The van der Waals surface area contributed by atoms with Crippen LogP contribution in [-0.4, -0.2) is 31.2 Å². The SMILES string of the molecule is Cc1cc(C(=O)NCCCOC2CCC(N)CC2)co1. The number of ether oxygens (including phenoxy) is 1. The van der Waals surface area contributed by atoms with E-state index in [0.29, 0.717) is 30.9 Å². The Labute approximate surface area is 119 Å². The van der Waals surface area contributed by atoms with E-state index in [1.54, 1.807) is 6.07 Å². The summed E-state index contributed by atoms with van der Waals surface area (Å²) >= 11 is 0. The van der Waals surface area contributed by atoms with Gasteiger partial charge >= 0.3 is 0 Å². The number of rotatable bonds is 6. The molecular formula is C15H24N2O3. The summed E-state index contributed by atoms with van der Waals surface area (Å²) in [7, 11) is 0. The molecule has 0 radical (unpaired) electrons. The smallest absolute Gasteiger partial charge is 0.254 e. The van der Waals surface area contributed by atoms with Crippen LogP contribution in [0.25, 0.3) is 0 Å². The molecule has 0 unspecified atom stereocenters. The summed E-state index contributed by atoms with van der Waals surface area (Å²) in [6, 6.07) is 2.09. The molecule has 5 heteroatoms. The number of nitrogens with one attached hydrogen (secondary N) is 1. The zero-order valence-electron chi connectivity index (χ0n) is 12.1. The molecule has 0 spiro atoms. The summed E-state index contributed by atoms with van der Waals surface area (Å²) in [5.41, 5.74) is 6.43. The highest BCUT2D eigenvalue weighted by molar-refractivity contribution is 5.93. The second kappa shape index (κ2) is 7.45. The molecular weight excluding hydrogens is 256 g/mol. The van der Waals surface area contributed by atoms with Gasteiger partial charge in [0.25, 0.3) is 5.91 Å². The minimum absolute atomic E-state index is 0.0921. The lowest BCUT2D eigenvalue weighted by Crippen LogP contribution is -2.31. The molecule has 2 rings (SSSR count). The third-order valence-corrected chi connectivity index (χ3v) is 3.67. The maximum Gasteiger partial charge on any atom is 0.254 e. The van der Waals surface area contributed by atoms with Crippen molar-refractivity contribution >= 4 is 5.91 Å². The van der Waals surface area contributed by atoms with E-state index in [-0.39, 0.29) is 5.91 Å². The largest absolute Gasteiger partial charge is 0.469 e. The topological polar surface area (TPSA) is 77.5 Å². The van der Waals surface area contributed by atoms with Gasteiger partial charge in [-0.05, 0) is 45.1 Å². The zero-order chi connectivity index (χ0) is 14.4. The number of carbonyl (C=O) groups is 1. The Hall–Kier alpha value is -1.33. The van der Waals surface area contributed by atoms with Gasteiger partial charge in [-0.1, -0.05) is 0 Å². The first-order valence-corrected chi connectivity index (χ1v) is 7.35. The molecule has 1 saturated carbocycles. The molecule has 3 N–H and O–H groups in total. The van der Waals surface area contributed by atoms with E-state index < -0.39 is 0 Å². The quantitative estimate of drug-likeness (QED) is 0.781. The van der Waals surface area contributed by atoms with Crippen LogP contribution in [0.2, 0.25) is 0 Å². The van der Waals surface area contributed by atoms with E-state index in [2.05, 4.69) is 5.32 Å². The number of carbonyl (C=O) groups excluding carboxylic acids is 1. The third-order valence-electron chi connectivity index (χ3n) is 3.67. The lowest BCUT2D eigenvalue weighted by molar-refractivity contribution is 0.0241. The van der Waals surface area contributed by atoms with Crippen LogP contribution in [0.4, 0.5) is 0 Å². The normalized spacial score (nSPS) is 22.7. The Morgan fingerprint density at radius 2 is 2.20 bits per heavy atom. The molecule has 1 aliphatic rings. The number of hydrogen-bond acceptors (Lipinski definition) is 4. The molecule has 1 aliphatic carbocycles. The van der Waals surface area contributed by atoms with E-state index >= 15 is 0 Å². The monoisotopic (exact) mass is 280 g/mol. The second-order valence-electron chi connectivity index (χ2n) is 5.46. The van der Waals surface area contributed by atoms with Gasteiger partial charge in [-0.3, -0.25) is 4.79 Å². The first-order valence-electron chi connectivity index (χ1n) is 7.35. The van der Waals surface area contributed by atoms with Crippen LogP contribution in [0, 0.1) is 6.92 Å². The van der Waals surface area contributed by atoms with Crippen LogP contribution >= 0.6 is 0 Å². The predicted molar refractivity (Wildman–Crippen MR) is 76.6 cm³/mol. The summed E-state index contributed by atoms with van der Waals surface area (Å²) in [6.07, 6.45) is 6.88. The standard InChI is InChI=1S/C15H24N2O3/c1-11-9-12(10-20-11)15(18)17-7-2-8-19-14-5-3-13(16)4-6-14/h9-10,13-14H,2-8,16H2,1H3,(H,17,18). The molecule has 0 aliphatic heterocycles. The number of aryl methyl sites for hydroxylation is 1. The van der Waals surface area contributed by atoms with Crippen LogP contribution < -0.4 is 11.1 Å². The van der Waals surface area contributed by atoms with Gasteiger partial charge in [0.15, 0.2) is 0 Å². The molecule has 1 amide bonds. The molecule has 0 aromatic carbocycles. The molecule has 0 bridgehead atoms. The van der Waals surface area contributed by atoms with E-state index in [4.69, 9.17) is 14.9 Å². The Morgan fingerprint density at radius 1 is 1.45 bits per heavy atom. The Morgan fingerprint density at radius 3 is 2.85 bits per heavy atom.